The molecule has 0 aromatic carbocycles. The van der Waals surface area contributed by atoms with Gasteiger partial charge < -0.3 is 20.4 Å². The summed E-state index contributed by atoms with van der Waals surface area (Å²) in [5.74, 6) is 0.954. The summed E-state index contributed by atoms with van der Waals surface area (Å²) in [4.78, 5) is 15.8. The Balaban J connectivity index is 1.85. The van der Waals surface area contributed by atoms with E-state index >= 15 is 0 Å². The number of imidazole rings is 1. The lowest BCUT2D eigenvalue weighted by Gasteiger charge is -2.19. The lowest BCUT2D eigenvalue weighted by molar-refractivity contribution is 0.0526. The highest BCUT2D eigenvalue weighted by atomic mass is 16.6. The normalized spacial score (nSPS) is 11.9. The van der Waals surface area contributed by atoms with Crippen molar-refractivity contribution in [3.8, 4) is 0 Å². The van der Waals surface area contributed by atoms with Crippen LogP contribution in [0.2, 0.25) is 0 Å². The molecule has 0 bridgehead atoms. The summed E-state index contributed by atoms with van der Waals surface area (Å²) < 4.78 is 8.73. The van der Waals surface area contributed by atoms with E-state index in [0.29, 0.717) is 37.0 Å². The molecule has 0 fully saturated rings. The molecule has 0 aliphatic rings. The maximum atomic E-state index is 11.6. The van der Waals surface area contributed by atoms with Crippen LogP contribution in [0.3, 0.4) is 0 Å². The van der Waals surface area contributed by atoms with Crippen LogP contribution in [0.4, 0.5) is 22.2 Å². The zero-order chi connectivity index (χ0) is 19.9. The molecule has 148 valence electrons. The summed E-state index contributed by atoms with van der Waals surface area (Å²) in [6.07, 6.45) is 6.32. The monoisotopic (exact) mass is 376 g/mol. The van der Waals surface area contributed by atoms with Gasteiger partial charge in [-0.1, -0.05) is 6.92 Å². The van der Waals surface area contributed by atoms with E-state index in [1.54, 1.807) is 17.1 Å². The Bertz CT molecular complexity index is 772. The molecule has 0 aliphatic carbocycles. The number of carbonyl (C=O) groups excluding carboxylic acids is 1. The summed E-state index contributed by atoms with van der Waals surface area (Å²) in [6, 6.07) is 0. The molecule has 0 aliphatic heterocycles. The number of ether oxygens (including phenoxy) is 1. The summed E-state index contributed by atoms with van der Waals surface area (Å²) >= 11 is 0. The van der Waals surface area contributed by atoms with E-state index in [1.807, 2.05) is 31.5 Å². The number of hydrogen-bond donors (Lipinski definition) is 2. The van der Waals surface area contributed by atoms with Crippen LogP contribution < -0.4 is 11.1 Å². The lowest BCUT2D eigenvalue weighted by atomic mass is 10.2. The van der Waals surface area contributed by atoms with E-state index in [0.717, 1.165) is 13.0 Å². The van der Waals surface area contributed by atoms with Crippen LogP contribution in [0.25, 0.3) is 0 Å². The fourth-order valence-electron chi connectivity index (χ4n) is 2.29. The number of hydrogen-bond acceptors (Lipinski definition) is 7. The van der Waals surface area contributed by atoms with Gasteiger partial charge in [0.1, 0.15) is 17.1 Å². The molecule has 0 spiro atoms. The molecule has 2 aromatic heterocycles. The van der Waals surface area contributed by atoms with Gasteiger partial charge >= 0.3 is 6.09 Å². The van der Waals surface area contributed by atoms with Crippen LogP contribution in [0.5, 0.6) is 0 Å². The quantitative estimate of drug-likeness (QED) is 0.539. The standard InChI is InChI=1S/C17H28N8O2/c1-5-9-24-11-8-19-15(24)23-22-13-12-21-25(14(13)18)10-6-7-20-16(26)27-17(2,3)4/h8,11-12H,5-7,9-10,18H2,1-4H3,(H,20,26). The average molecular weight is 376 g/mol. The van der Waals surface area contributed by atoms with E-state index < -0.39 is 11.7 Å². The number of azo groups is 1. The van der Waals surface area contributed by atoms with Crippen molar-refractivity contribution in [1.82, 2.24) is 24.6 Å². The molecule has 1 amide bonds. The number of nitrogens with two attached hydrogens (primary N) is 1. The van der Waals surface area contributed by atoms with Crippen molar-refractivity contribution < 1.29 is 9.53 Å². The van der Waals surface area contributed by atoms with Gasteiger partial charge in [-0.15, -0.1) is 10.2 Å². The van der Waals surface area contributed by atoms with Crippen molar-refractivity contribution in [2.75, 3.05) is 12.3 Å². The number of aromatic nitrogens is 4. The Hall–Kier alpha value is -2.91. The van der Waals surface area contributed by atoms with Crippen LogP contribution in [0.1, 0.15) is 40.5 Å². The molecule has 10 nitrogen and oxygen atoms in total. The minimum Gasteiger partial charge on any atom is -0.444 e. The summed E-state index contributed by atoms with van der Waals surface area (Å²) in [7, 11) is 0. The average Bonchev–Trinajstić information content (AvgIpc) is 3.15. The second kappa shape index (κ2) is 9.15. The first-order valence-electron chi connectivity index (χ1n) is 9.01. The van der Waals surface area contributed by atoms with Gasteiger partial charge in [0.05, 0.1) is 6.20 Å². The molecule has 2 rings (SSSR count). The minimum atomic E-state index is -0.512. The van der Waals surface area contributed by atoms with Crippen molar-refractivity contribution >= 4 is 23.5 Å². The Morgan fingerprint density at radius 2 is 2.11 bits per heavy atom. The van der Waals surface area contributed by atoms with Crippen molar-refractivity contribution in [3.63, 3.8) is 0 Å². The number of nitrogens with zero attached hydrogens (tertiary/aromatic N) is 6. The zero-order valence-electron chi connectivity index (χ0n) is 16.3. The van der Waals surface area contributed by atoms with E-state index in [-0.39, 0.29) is 0 Å². The van der Waals surface area contributed by atoms with Crippen LogP contribution in [-0.4, -0.2) is 37.6 Å². The molecule has 27 heavy (non-hydrogen) atoms. The number of carbonyl (C=O) groups is 1. The Morgan fingerprint density at radius 3 is 2.81 bits per heavy atom. The first-order chi connectivity index (χ1) is 12.8. The van der Waals surface area contributed by atoms with Gasteiger partial charge in [-0.25, -0.2) is 14.5 Å². The molecule has 3 N–H and O–H groups in total. The second-order valence-corrected chi connectivity index (χ2v) is 7.04. The molecule has 0 atom stereocenters. The molecule has 2 heterocycles. The number of alkyl carbamates (subject to hydrolysis) is 1. The predicted molar refractivity (Wildman–Crippen MR) is 102 cm³/mol. The lowest BCUT2D eigenvalue weighted by Crippen LogP contribution is -2.33. The number of nitrogen functional groups attached to an aromatic ring is 1. The third-order valence-corrected chi connectivity index (χ3v) is 3.48. The molecule has 10 heteroatoms. The van der Waals surface area contributed by atoms with Crippen LogP contribution in [0, 0.1) is 0 Å². The van der Waals surface area contributed by atoms with Gasteiger partial charge in [0.15, 0.2) is 0 Å². The van der Waals surface area contributed by atoms with Gasteiger partial charge in [-0.2, -0.15) is 5.10 Å². The second-order valence-electron chi connectivity index (χ2n) is 7.04. The zero-order valence-corrected chi connectivity index (χ0v) is 16.3. The van der Waals surface area contributed by atoms with Crippen molar-refractivity contribution in [3.05, 3.63) is 18.6 Å². The van der Waals surface area contributed by atoms with Crippen molar-refractivity contribution in [2.24, 2.45) is 10.2 Å². The largest absolute Gasteiger partial charge is 0.444 e. The van der Waals surface area contributed by atoms with Crippen LogP contribution in [0.15, 0.2) is 28.8 Å². The molecule has 2 aromatic rings. The predicted octanol–water partition coefficient (Wildman–Crippen LogP) is 3.40. The third kappa shape index (κ3) is 6.39. The number of amides is 1. The highest BCUT2D eigenvalue weighted by molar-refractivity contribution is 5.67. The van der Waals surface area contributed by atoms with E-state index in [4.69, 9.17) is 10.5 Å². The number of aryl methyl sites for hydroxylation is 2. The first-order valence-corrected chi connectivity index (χ1v) is 9.01. The molecule has 0 radical (unpaired) electrons. The molecule has 0 saturated carbocycles. The van der Waals surface area contributed by atoms with E-state index in [1.165, 1.54) is 0 Å². The molecular weight excluding hydrogens is 348 g/mol. The van der Waals surface area contributed by atoms with Gasteiger partial charge in [-0.05, 0) is 33.6 Å². The highest BCUT2D eigenvalue weighted by Gasteiger charge is 2.15. The van der Waals surface area contributed by atoms with Gasteiger partial charge in [0.25, 0.3) is 0 Å². The Morgan fingerprint density at radius 1 is 1.33 bits per heavy atom. The molecule has 0 saturated heterocycles. The SMILES string of the molecule is CCCn1ccnc1N=Nc1cnn(CCCNC(=O)OC(C)(C)C)c1N. The topological polar surface area (TPSA) is 125 Å². The fraction of sp³-hybridized carbons (Fsp3) is 0.588. The van der Waals surface area contributed by atoms with Crippen LogP contribution >= 0.6 is 0 Å². The number of rotatable bonds is 8. The summed E-state index contributed by atoms with van der Waals surface area (Å²) in [6.45, 7) is 9.38. The minimum absolute atomic E-state index is 0.421. The number of anilines is 1. The smallest absolute Gasteiger partial charge is 0.407 e. The highest BCUT2D eigenvalue weighted by Crippen LogP contribution is 2.23. The molecular formula is C17H28N8O2. The first kappa shape index (κ1) is 20.4. The van der Waals surface area contributed by atoms with Crippen molar-refractivity contribution in [1.29, 1.82) is 0 Å². The summed E-state index contributed by atoms with van der Waals surface area (Å²) in [5.41, 5.74) is 6.05. The third-order valence-electron chi connectivity index (χ3n) is 3.48. The van der Waals surface area contributed by atoms with Gasteiger partial charge in [0, 0.05) is 32.0 Å². The van der Waals surface area contributed by atoms with E-state index in [9.17, 15) is 4.79 Å². The Labute approximate surface area is 158 Å². The van der Waals surface area contributed by atoms with Gasteiger partial charge in [-0.3, -0.25) is 0 Å². The maximum absolute atomic E-state index is 11.6. The number of nitrogens with one attached hydrogen (secondary N) is 1. The fourth-order valence-corrected chi connectivity index (χ4v) is 2.29. The van der Waals surface area contributed by atoms with E-state index in [2.05, 4.69) is 32.6 Å². The Kier molecular flexibility index (Phi) is 6.91. The summed E-state index contributed by atoms with van der Waals surface area (Å²) in [5, 5.41) is 15.2. The van der Waals surface area contributed by atoms with Crippen LogP contribution in [-0.2, 0) is 17.8 Å². The van der Waals surface area contributed by atoms with Gasteiger partial charge in [0.2, 0.25) is 5.95 Å². The maximum Gasteiger partial charge on any atom is 0.407 e. The molecule has 0 unspecified atom stereocenters. The van der Waals surface area contributed by atoms with Crippen molar-refractivity contribution in [2.45, 2.75) is 59.2 Å².